The fourth-order valence-corrected chi connectivity index (χ4v) is 16.5. The number of hydrogen-bond donors (Lipinski definition) is 0. The summed E-state index contributed by atoms with van der Waals surface area (Å²) in [6.07, 6.45) is 0. The van der Waals surface area contributed by atoms with Crippen molar-refractivity contribution in [2.45, 2.75) is 41.5 Å². The van der Waals surface area contributed by atoms with Gasteiger partial charge < -0.3 is 0 Å². The van der Waals surface area contributed by atoms with Gasteiger partial charge in [-0.2, -0.15) is 0 Å². The number of rotatable bonds is 10. The van der Waals surface area contributed by atoms with Crippen molar-refractivity contribution in [2.24, 2.45) is 0 Å². The van der Waals surface area contributed by atoms with E-state index >= 15 is 0 Å². The van der Waals surface area contributed by atoms with E-state index in [1.54, 1.807) is 0 Å². The van der Waals surface area contributed by atoms with Crippen molar-refractivity contribution in [3.63, 3.8) is 0 Å². The fraction of sp³-hybridized carbons (Fsp3) is 0.0588. The van der Waals surface area contributed by atoms with Crippen LogP contribution in [0.15, 0.2) is 352 Å². The van der Waals surface area contributed by atoms with E-state index in [0.717, 1.165) is 0 Å². The normalized spacial score (nSPS) is 11.4. The minimum absolute atomic E-state index is 1.22. The fourth-order valence-electron chi connectivity index (χ4n) is 16.5. The third-order valence-corrected chi connectivity index (χ3v) is 21.0. The van der Waals surface area contributed by atoms with Crippen molar-refractivity contribution in [1.29, 1.82) is 0 Å². The number of fused-ring (bicyclic) bond motifs is 6. The summed E-state index contributed by atoms with van der Waals surface area (Å²) >= 11 is 0. The lowest BCUT2D eigenvalue weighted by atomic mass is 9.83. The second kappa shape index (κ2) is 26.6. The maximum atomic E-state index is 2.38. The van der Waals surface area contributed by atoms with Gasteiger partial charge in [-0.05, 0) is 294 Å². The molecule has 0 unspecified atom stereocenters. The molecule has 484 valence electrons. The monoisotopic (exact) mass is 1300 g/mol. The summed E-state index contributed by atoms with van der Waals surface area (Å²) in [5.41, 5.74) is 33.0. The zero-order chi connectivity index (χ0) is 69.0. The number of aryl methyl sites for hydroxylation is 6. The Bertz CT molecular complexity index is 6070. The Kier molecular flexibility index (Phi) is 16.5. The van der Waals surface area contributed by atoms with Gasteiger partial charge in [0.2, 0.25) is 0 Å². The average molecular weight is 1300 g/mol. The molecule has 0 saturated carbocycles. The van der Waals surface area contributed by atoms with Gasteiger partial charge >= 0.3 is 0 Å². The van der Waals surface area contributed by atoms with E-state index in [0.29, 0.717) is 0 Å². The van der Waals surface area contributed by atoms with Crippen LogP contribution in [0.4, 0.5) is 0 Å². The molecule has 102 heavy (non-hydrogen) atoms. The average Bonchev–Trinajstić information content (AvgIpc) is 0.733. The van der Waals surface area contributed by atoms with Gasteiger partial charge in [0.25, 0.3) is 0 Å². The summed E-state index contributed by atoms with van der Waals surface area (Å²) < 4.78 is 0. The highest BCUT2D eigenvalue weighted by Crippen LogP contribution is 2.49. The SMILES string of the molecule is Cc1cc(C)c(-c2c3ccccc3c(-c3ccc4cc(-c5cc(-c6ccccc6)cc(-c6ccccc6)c5)ccc4c3)c3ccccc23)c(C)c1.Cc1cc(C)c(-c2c3ccccc3c(-c3ccc4cc(-c5cccc(-c6cccc(-c7ccccc7)c6)c5)ccc4c3)c3ccccc23)c(C)c1. The highest BCUT2D eigenvalue weighted by molar-refractivity contribution is 6.24. The smallest absolute Gasteiger partial charge is 0.00210 e. The van der Waals surface area contributed by atoms with E-state index in [9.17, 15) is 0 Å². The maximum absolute atomic E-state index is 2.38. The molecule has 0 N–H and O–H groups in total. The van der Waals surface area contributed by atoms with E-state index in [1.165, 1.54) is 209 Å². The van der Waals surface area contributed by atoms with Crippen LogP contribution in [-0.4, -0.2) is 0 Å². The van der Waals surface area contributed by atoms with Crippen LogP contribution in [0.2, 0.25) is 0 Å². The highest BCUT2D eigenvalue weighted by atomic mass is 14.3. The van der Waals surface area contributed by atoms with Gasteiger partial charge in [-0.15, -0.1) is 0 Å². The summed E-state index contributed by atoms with van der Waals surface area (Å²) in [5.74, 6) is 0. The van der Waals surface area contributed by atoms with E-state index in [-0.39, 0.29) is 0 Å². The molecule has 0 aromatic heterocycles. The summed E-state index contributed by atoms with van der Waals surface area (Å²) in [6.45, 7) is 13.4. The molecule has 0 spiro atoms. The van der Waals surface area contributed by atoms with Crippen LogP contribution in [0.3, 0.4) is 0 Å². The Hall–Kier alpha value is -12.5. The number of benzene rings is 18. The van der Waals surface area contributed by atoms with E-state index in [1.807, 2.05) is 0 Å². The van der Waals surface area contributed by atoms with Crippen molar-refractivity contribution in [3.8, 4) is 111 Å². The topological polar surface area (TPSA) is 0 Å². The van der Waals surface area contributed by atoms with Gasteiger partial charge in [0.15, 0.2) is 0 Å². The van der Waals surface area contributed by atoms with Crippen molar-refractivity contribution in [1.82, 2.24) is 0 Å². The minimum atomic E-state index is 1.22. The molecule has 18 aromatic carbocycles. The van der Waals surface area contributed by atoms with Gasteiger partial charge in [-0.3, -0.25) is 0 Å². The Balaban J connectivity index is 0.000000152. The maximum Gasteiger partial charge on any atom is -0.00210 e. The largest absolute Gasteiger partial charge is 0.0622 e. The Morgan fingerprint density at radius 3 is 0.647 bits per heavy atom. The Labute approximate surface area is 598 Å². The van der Waals surface area contributed by atoms with Crippen LogP contribution in [0, 0.1) is 41.5 Å². The summed E-state index contributed by atoms with van der Waals surface area (Å²) in [7, 11) is 0. The first-order valence-corrected chi connectivity index (χ1v) is 35.7. The van der Waals surface area contributed by atoms with E-state index in [2.05, 4.69) is 393 Å². The van der Waals surface area contributed by atoms with Crippen molar-refractivity contribution in [2.75, 3.05) is 0 Å². The molecule has 18 aromatic rings. The van der Waals surface area contributed by atoms with Crippen LogP contribution in [-0.2, 0) is 0 Å². The molecule has 0 bridgehead atoms. The zero-order valence-electron chi connectivity index (χ0n) is 58.5. The third-order valence-electron chi connectivity index (χ3n) is 21.0. The van der Waals surface area contributed by atoms with Crippen LogP contribution < -0.4 is 0 Å². The lowest BCUT2D eigenvalue weighted by Crippen LogP contribution is -1.95. The molecule has 0 radical (unpaired) electrons. The van der Waals surface area contributed by atoms with Gasteiger partial charge in [0.1, 0.15) is 0 Å². The molecule has 0 aliphatic carbocycles. The van der Waals surface area contributed by atoms with Gasteiger partial charge in [-0.25, -0.2) is 0 Å². The standard InChI is InChI=1S/2C51H38/c1-33-26-34(2)49(35(3)27-33)51-47-20-12-10-18-45(47)50(46-19-11-13-21-48(46)51)41-25-24-38-28-40(23-22-39(38)29-41)44-31-42(36-14-6-4-7-15-36)30-43(32-44)37-16-8-5-9-17-37;1-33-27-34(2)49(35(3)28-33)51-47-21-9-7-19-45(47)50(46-20-8-10-22-48(46)51)44-26-25-42-31-41(23-24-43(42)32-44)40-18-12-17-39(30-40)38-16-11-15-37(29-38)36-13-5-4-6-14-36/h2*4-32H,1-3H3. The van der Waals surface area contributed by atoms with E-state index in [4.69, 9.17) is 0 Å². The first kappa shape index (κ1) is 63.0. The lowest BCUT2D eigenvalue weighted by Gasteiger charge is -2.20. The van der Waals surface area contributed by atoms with Crippen molar-refractivity contribution >= 4 is 64.6 Å². The predicted molar refractivity (Wildman–Crippen MR) is 441 cm³/mol. The van der Waals surface area contributed by atoms with Crippen molar-refractivity contribution in [3.05, 3.63) is 385 Å². The summed E-state index contributed by atoms with van der Waals surface area (Å²) in [4.78, 5) is 0. The lowest BCUT2D eigenvalue weighted by molar-refractivity contribution is 1.33. The summed E-state index contributed by atoms with van der Waals surface area (Å²) in [5, 5.41) is 15.3. The molecule has 0 fully saturated rings. The molecular weight excluding hydrogens is 1230 g/mol. The summed E-state index contributed by atoms with van der Waals surface area (Å²) in [6, 6.07) is 130. The van der Waals surface area contributed by atoms with Crippen LogP contribution in [0.1, 0.15) is 33.4 Å². The van der Waals surface area contributed by atoms with Gasteiger partial charge in [0.05, 0.1) is 0 Å². The van der Waals surface area contributed by atoms with Crippen molar-refractivity contribution < 1.29 is 0 Å². The molecule has 18 rings (SSSR count). The highest BCUT2D eigenvalue weighted by Gasteiger charge is 2.22. The van der Waals surface area contributed by atoms with Gasteiger partial charge in [-0.1, -0.05) is 308 Å². The second-order valence-corrected chi connectivity index (χ2v) is 27.8. The van der Waals surface area contributed by atoms with Crippen LogP contribution >= 0.6 is 0 Å². The molecule has 0 amide bonds. The number of hydrogen-bond acceptors (Lipinski definition) is 0. The van der Waals surface area contributed by atoms with Gasteiger partial charge in [0, 0.05) is 0 Å². The van der Waals surface area contributed by atoms with E-state index < -0.39 is 0 Å². The predicted octanol–water partition coefficient (Wildman–Crippen LogP) is 28.8. The third kappa shape index (κ3) is 11.8. The van der Waals surface area contributed by atoms with Crippen LogP contribution in [0.25, 0.3) is 176 Å². The molecule has 0 nitrogen and oxygen atoms in total. The zero-order valence-corrected chi connectivity index (χ0v) is 58.5. The van der Waals surface area contributed by atoms with Crippen LogP contribution in [0.5, 0.6) is 0 Å². The molecule has 0 aliphatic rings. The molecular formula is C102H76. The quantitative estimate of drug-likeness (QED) is 0.120. The minimum Gasteiger partial charge on any atom is -0.0622 e. The molecule has 0 saturated heterocycles. The molecule has 0 heteroatoms. The molecule has 0 atom stereocenters. The first-order chi connectivity index (χ1) is 50.0. The second-order valence-electron chi connectivity index (χ2n) is 27.8. The molecule has 0 aliphatic heterocycles. The Morgan fingerprint density at radius 2 is 0.333 bits per heavy atom. The Morgan fingerprint density at radius 1 is 0.127 bits per heavy atom. The molecule has 0 heterocycles. The first-order valence-electron chi connectivity index (χ1n) is 35.7.